The van der Waals surface area contributed by atoms with Crippen LogP contribution in [0.3, 0.4) is 0 Å². The maximum absolute atomic E-state index is 12.8. The Morgan fingerprint density at radius 3 is 2.67 bits per heavy atom. The number of unbranched alkanes of at least 4 members (excludes halogenated alkanes) is 3. The Kier molecular flexibility index (Phi) is 8.07. The van der Waals surface area contributed by atoms with Gasteiger partial charge in [0, 0.05) is 13.2 Å². The summed E-state index contributed by atoms with van der Waals surface area (Å²) in [7, 11) is -1.72. The molecule has 0 saturated carbocycles. The monoisotopic (exact) mass is 310 g/mol. The van der Waals surface area contributed by atoms with Crippen LogP contribution in [0.15, 0.2) is 30.3 Å². The van der Waals surface area contributed by atoms with E-state index in [1.807, 2.05) is 6.07 Å². The fraction of sp³-hybridized carbons (Fsp3) is 0.500. The molecule has 4 nitrogen and oxygen atoms in total. The van der Waals surface area contributed by atoms with Crippen molar-refractivity contribution in [2.45, 2.75) is 32.6 Å². The van der Waals surface area contributed by atoms with Gasteiger partial charge in [-0.05, 0) is 18.6 Å². The van der Waals surface area contributed by atoms with Crippen molar-refractivity contribution in [1.82, 2.24) is 0 Å². The molecule has 0 saturated heterocycles. The van der Waals surface area contributed by atoms with Gasteiger partial charge in [-0.1, -0.05) is 38.3 Å². The van der Waals surface area contributed by atoms with Gasteiger partial charge in [0.25, 0.3) is 0 Å². The molecule has 5 heteroatoms. The smallest absolute Gasteiger partial charge is 0.239 e. The molecule has 1 atom stereocenters. The fourth-order valence-electron chi connectivity index (χ4n) is 2.00. The predicted octanol–water partition coefficient (Wildman–Crippen LogP) is 3.58. The number of ether oxygens (including phenoxy) is 1. The molecule has 21 heavy (non-hydrogen) atoms. The van der Waals surface area contributed by atoms with Crippen LogP contribution in [-0.2, 0) is 13.9 Å². The molecule has 0 radical (unpaired) electrons. The fourth-order valence-corrected chi connectivity index (χ4v) is 3.65. The minimum atomic E-state index is -3.11. The molecule has 1 rings (SSSR count). The summed E-state index contributed by atoms with van der Waals surface area (Å²) >= 11 is 0. The summed E-state index contributed by atoms with van der Waals surface area (Å²) in [5.74, 6) is 2.21. The van der Waals surface area contributed by atoms with E-state index in [2.05, 4.69) is 6.92 Å². The second kappa shape index (κ2) is 9.57. The molecule has 1 aromatic carbocycles. The van der Waals surface area contributed by atoms with Gasteiger partial charge in [0.15, 0.2) is 0 Å². The number of benzene rings is 1. The number of hydrogen-bond acceptors (Lipinski definition) is 4. The molecule has 0 aliphatic rings. The molecule has 0 heterocycles. The molecule has 0 amide bonds. The SMILES string of the molecule is CCCCCCOc1ccccc1P(=O)(CC=C=O)OC. The van der Waals surface area contributed by atoms with Crippen molar-refractivity contribution in [3.05, 3.63) is 30.3 Å². The first-order valence-corrected chi connectivity index (χ1v) is 9.05. The molecule has 1 aromatic rings. The maximum atomic E-state index is 12.8. The summed E-state index contributed by atoms with van der Waals surface area (Å²) in [6.45, 7) is 2.75. The third kappa shape index (κ3) is 5.51. The lowest BCUT2D eigenvalue weighted by molar-refractivity contribution is 0.306. The second-order valence-electron chi connectivity index (χ2n) is 4.74. The molecule has 0 fully saturated rings. The molecule has 0 N–H and O–H groups in total. The van der Waals surface area contributed by atoms with Gasteiger partial charge < -0.3 is 9.26 Å². The molecule has 0 aliphatic heterocycles. The van der Waals surface area contributed by atoms with Crippen LogP contribution in [0.4, 0.5) is 0 Å². The molecular weight excluding hydrogens is 287 g/mol. The summed E-state index contributed by atoms with van der Waals surface area (Å²) in [5.41, 5.74) is 0. The van der Waals surface area contributed by atoms with Crippen LogP contribution >= 0.6 is 7.37 Å². The van der Waals surface area contributed by atoms with Crippen LogP contribution < -0.4 is 10.0 Å². The highest BCUT2D eigenvalue weighted by Crippen LogP contribution is 2.47. The summed E-state index contributed by atoms with van der Waals surface area (Å²) in [4.78, 5) is 10.4. The topological polar surface area (TPSA) is 52.6 Å². The van der Waals surface area contributed by atoms with E-state index in [9.17, 15) is 9.36 Å². The summed E-state index contributed by atoms with van der Waals surface area (Å²) in [6, 6.07) is 7.13. The van der Waals surface area contributed by atoms with E-state index in [0.29, 0.717) is 17.7 Å². The first kappa shape index (κ1) is 17.7. The van der Waals surface area contributed by atoms with Gasteiger partial charge in [-0.3, -0.25) is 4.57 Å². The minimum absolute atomic E-state index is 0.0310. The van der Waals surface area contributed by atoms with Crippen LogP contribution in [0.2, 0.25) is 0 Å². The standard InChI is InChI=1S/C16H23O4P/c1-3-4-5-8-13-20-15-10-6-7-11-16(15)21(18,19-2)14-9-12-17/h6-7,9-11H,3-5,8,13-14H2,1-2H3. The van der Waals surface area contributed by atoms with E-state index in [1.165, 1.54) is 26.0 Å². The number of para-hydroxylation sites is 1. The average Bonchev–Trinajstić information content (AvgIpc) is 2.53. The molecule has 0 spiro atoms. The van der Waals surface area contributed by atoms with Gasteiger partial charge in [-0.2, -0.15) is 0 Å². The zero-order valence-electron chi connectivity index (χ0n) is 12.7. The molecule has 0 bridgehead atoms. The first-order valence-electron chi connectivity index (χ1n) is 7.24. The van der Waals surface area contributed by atoms with Crippen molar-refractivity contribution in [3.8, 4) is 5.75 Å². The Labute approximate surface area is 126 Å². The minimum Gasteiger partial charge on any atom is -0.493 e. The quantitative estimate of drug-likeness (QED) is 0.376. The van der Waals surface area contributed by atoms with Gasteiger partial charge in [0.05, 0.1) is 18.1 Å². The van der Waals surface area contributed by atoms with Gasteiger partial charge in [0.1, 0.15) is 11.7 Å². The molecule has 1 unspecified atom stereocenters. The normalized spacial score (nSPS) is 13.2. The molecule has 0 aliphatic carbocycles. The van der Waals surface area contributed by atoms with Gasteiger partial charge >= 0.3 is 0 Å². The lowest BCUT2D eigenvalue weighted by Crippen LogP contribution is -2.13. The van der Waals surface area contributed by atoms with Crippen molar-refractivity contribution in [2.24, 2.45) is 0 Å². The average molecular weight is 310 g/mol. The highest BCUT2D eigenvalue weighted by atomic mass is 31.2. The number of allylic oxidation sites excluding steroid dienone is 1. The highest BCUT2D eigenvalue weighted by Gasteiger charge is 2.27. The first-order chi connectivity index (χ1) is 10.2. The van der Waals surface area contributed by atoms with Crippen molar-refractivity contribution in [3.63, 3.8) is 0 Å². The van der Waals surface area contributed by atoms with Crippen molar-refractivity contribution in [1.29, 1.82) is 0 Å². The van der Waals surface area contributed by atoms with E-state index >= 15 is 0 Å². The lowest BCUT2D eigenvalue weighted by Gasteiger charge is -2.18. The lowest BCUT2D eigenvalue weighted by atomic mass is 10.2. The van der Waals surface area contributed by atoms with Crippen LogP contribution in [-0.4, -0.2) is 25.8 Å². The zero-order valence-corrected chi connectivity index (χ0v) is 13.6. The van der Waals surface area contributed by atoms with E-state index < -0.39 is 7.37 Å². The Morgan fingerprint density at radius 1 is 1.24 bits per heavy atom. The van der Waals surface area contributed by atoms with Gasteiger partial charge in [-0.25, -0.2) is 4.79 Å². The third-order valence-electron chi connectivity index (χ3n) is 3.20. The largest absolute Gasteiger partial charge is 0.493 e. The van der Waals surface area contributed by atoms with Crippen molar-refractivity contribution < 1.29 is 18.6 Å². The third-order valence-corrected chi connectivity index (χ3v) is 5.55. The van der Waals surface area contributed by atoms with Crippen molar-refractivity contribution >= 4 is 18.6 Å². The van der Waals surface area contributed by atoms with Gasteiger partial charge in [-0.15, -0.1) is 0 Å². The van der Waals surface area contributed by atoms with Crippen molar-refractivity contribution in [2.75, 3.05) is 19.9 Å². The van der Waals surface area contributed by atoms with E-state index in [0.717, 1.165) is 12.8 Å². The Bertz CT molecular complexity index is 521. The summed E-state index contributed by atoms with van der Waals surface area (Å²) in [6.07, 6.45) is 5.67. The van der Waals surface area contributed by atoms with Crippen LogP contribution in [0.1, 0.15) is 32.6 Å². The summed E-state index contributed by atoms with van der Waals surface area (Å²) < 4.78 is 23.7. The molecule has 116 valence electrons. The van der Waals surface area contributed by atoms with Gasteiger partial charge in [0.2, 0.25) is 7.37 Å². The van der Waals surface area contributed by atoms with E-state index in [-0.39, 0.29) is 6.16 Å². The maximum Gasteiger partial charge on any atom is 0.239 e. The Balaban J connectivity index is 2.82. The Morgan fingerprint density at radius 2 is 2.00 bits per heavy atom. The Hall–Kier alpha value is -1.34. The van der Waals surface area contributed by atoms with Crippen LogP contribution in [0, 0.1) is 0 Å². The summed E-state index contributed by atoms with van der Waals surface area (Å²) in [5, 5.41) is 0.523. The predicted molar refractivity (Wildman–Crippen MR) is 85.5 cm³/mol. The number of rotatable bonds is 10. The molecular formula is C16H23O4P. The van der Waals surface area contributed by atoms with E-state index in [1.54, 1.807) is 24.1 Å². The zero-order chi connectivity index (χ0) is 15.6. The highest BCUT2D eigenvalue weighted by molar-refractivity contribution is 7.67. The van der Waals surface area contributed by atoms with E-state index in [4.69, 9.17) is 9.26 Å². The van der Waals surface area contributed by atoms with Crippen LogP contribution in [0.5, 0.6) is 5.75 Å². The van der Waals surface area contributed by atoms with Crippen LogP contribution in [0.25, 0.3) is 0 Å². The number of hydrogen-bond donors (Lipinski definition) is 0. The molecule has 0 aromatic heterocycles. The number of carbonyl (C=O) groups excluding carboxylic acids is 1. The second-order valence-corrected chi connectivity index (χ2v) is 7.30.